The summed E-state index contributed by atoms with van der Waals surface area (Å²) in [6.07, 6.45) is 0. The molecule has 0 saturated carbocycles. The highest BCUT2D eigenvalue weighted by Gasteiger charge is 2.20. The lowest BCUT2D eigenvalue weighted by molar-refractivity contribution is 0.520. The van der Waals surface area contributed by atoms with E-state index in [9.17, 15) is 16.8 Å². The van der Waals surface area contributed by atoms with E-state index in [1.807, 2.05) is 0 Å². The molecule has 0 aliphatic rings. The molecule has 8 heteroatoms. The van der Waals surface area contributed by atoms with E-state index in [-0.39, 0.29) is 22.1 Å². The molecular formula is C10H16N2O4S2. The number of benzene rings is 1. The molecule has 0 aliphatic heterocycles. The molecule has 0 aromatic heterocycles. The Kier molecular flexibility index (Phi) is 4.49. The summed E-state index contributed by atoms with van der Waals surface area (Å²) in [7, 11) is -4.39. The molecule has 0 spiro atoms. The molecular weight excluding hydrogens is 276 g/mol. The Morgan fingerprint density at radius 3 is 2.17 bits per heavy atom. The highest BCUT2D eigenvalue weighted by atomic mass is 32.2. The highest BCUT2D eigenvalue weighted by Crippen LogP contribution is 2.18. The molecule has 6 nitrogen and oxygen atoms in total. The van der Waals surface area contributed by atoms with Crippen molar-refractivity contribution in [1.82, 2.24) is 4.31 Å². The quantitative estimate of drug-likeness (QED) is 0.801. The number of rotatable bonds is 5. The van der Waals surface area contributed by atoms with Crippen LogP contribution >= 0.6 is 0 Å². The summed E-state index contributed by atoms with van der Waals surface area (Å²) in [6.45, 7) is -0.00695. The minimum atomic E-state index is -3.64. The van der Waals surface area contributed by atoms with E-state index in [0.717, 1.165) is 10.4 Å². The number of nitrogens with two attached hydrogens (primary N) is 1. The predicted molar refractivity (Wildman–Crippen MR) is 68.4 cm³/mol. The Labute approximate surface area is 107 Å². The zero-order valence-electron chi connectivity index (χ0n) is 10.2. The summed E-state index contributed by atoms with van der Waals surface area (Å²) >= 11 is 0. The van der Waals surface area contributed by atoms with Crippen LogP contribution in [0, 0.1) is 0 Å². The maximum atomic E-state index is 11.9. The molecule has 0 unspecified atom stereocenters. The highest BCUT2D eigenvalue weighted by molar-refractivity contribution is 7.91. The van der Waals surface area contributed by atoms with Crippen LogP contribution in [0.3, 0.4) is 0 Å². The van der Waals surface area contributed by atoms with Crippen LogP contribution in [0.2, 0.25) is 0 Å². The SMILES string of the molecule is CN(C)S(=O)(=O)c1cccc(S(=O)(=O)CCN)c1. The molecule has 0 amide bonds. The van der Waals surface area contributed by atoms with Gasteiger partial charge < -0.3 is 5.73 Å². The Morgan fingerprint density at radius 2 is 1.67 bits per heavy atom. The van der Waals surface area contributed by atoms with E-state index in [1.54, 1.807) is 0 Å². The van der Waals surface area contributed by atoms with Gasteiger partial charge in [0.25, 0.3) is 0 Å². The van der Waals surface area contributed by atoms with Gasteiger partial charge in [0.05, 0.1) is 15.5 Å². The van der Waals surface area contributed by atoms with Gasteiger partial charge in [-0.05, 0) is 18.2 Å². The van der Waals surface area contributed by atoms with Crippen LogP contribution in [-0.4, -0.2) is 47.5 Å². The molecule has 0 fully saturated rings. The van der Waals surface area contributed by atoms with Crippen molar-refractivity contribution in [3.05, 3.63) is 24.3 Å². The van der Waals surface area contributed by atoms with Gasteiger partial charge in [-0.25, -0.2) is 21.1 Å². The van der Waals surface area contributed by atoms with Crippen LogP contribution in [-0.2, 0) is 19.9 Å². The lowest BCUT2D eigenvalue weighted by Crippen LogP contribution is -2.22. The minimum Gasteiger partial charge on any atom is -0.329 e. The molecule has 0 aliphatic carbocycles. The molecule has 0 radical (unpaired) electrons. The van der Waals surface area contributed by atoms with Gasteiger partial charge in [-0.15, -0.1) is 0 Å². The van der Waals surface area contributed by atoms with Crippen molar-refractivity contribution in [2.75, 3.05) is 26.4 Å². The maximum Gasteiger partial charge on any atom is 0.242 e. The zero-order chi connectivity index (χ0) is 14.0. The van der Waals surface area contributed by atoms with Crippen molar-refractivity contribution < 1.29 is 16.8 Å². The molecule has 1 aromatic rings. The molecule has 2 N–H and O–H groups in total. The van der Waals surface area contributed by atoms with Gasteiger partial charge in [0.15, 0.2) is 9.84 Å². The topological polar surface area (TPSA) is 97.5 Å². The number of hydrogen-bond donors (Lipinski definition) is 1. The van der Waals surface area contributed by atoms with Crippen molar-refractivity contribution in [2.45, 2.75) is 9.79 Å². The number of nitrogens with zero attached hydrogens (tertiary/aromatic N) is 1. The van der Waals surface area contributed by atoms with Gasteiger partial charge in [0.2, 0.25) is 10.0 Å². The monoisotopic (exact) mass is 292 g/mol. The van der Waals surface area contributed by atoms with E-state index >= 15 is 0 Å². The van der Waals surface area contributed by atoms with E-state index in [4.69, 9.17) is 5.73 Å². The van der Waals surface area contributed by atoms with Gasteiger partial charge in [0, 0.05) is 20.6 Å². The van der Waals surface area contributed by atoms with Gasteiger partial charge in [-0.3, -0.25) is 0 Å². The molecule has 0 saturated heterocycles. The van der Waals surface area contributed by atoms with Crippen molar-refractivity contribution in [3.63, 3.8) is 0 Å². The lowest BCUT2D eigenvalue weighted by atomic mass is 10.4. The average molecular weight is 292 g/mol. The van der Waals surface area contributed by atoms with Gasteiger partial charge >= 0.3 is 0 Å². The summed E-state index contributed by atoms with van der Waals surface area (Å²) < 4.78 is 48.4. The molecule has 102 valence electrons. The van der Waals surface area contributed by atoms with Crippen LogP contribution in [0.15, 0.2) is 34.1 Å². The standard InChI is InChI=1S/C10H16N2O4S2/c1-12(2)18(15,16)10-5-3-4-9(8-10)17(13,14)7-6-11/h3-5,8H,6-7,11H2,1-2H3. The summed E-state index contributed by atoms with van der Waals surface area (Å²) in [5.41, 5.74) is 5.22. The van der Waals surface area contributed by atoms with Crippen LogP contribution in [0.1, 0.15) is 0 Å². The zero-order valence-corrected chi connectivity index (χ0v) is 11.8. The first kappa shape index (κ1) is 15.1. The first-order chi connectivity index (χ1) is 8.21. The lowest BCUT2D eigenvalue weighted by Gasteiger charge is -2.12. The Hall–Kier alpha value is -0.960. The third-order valence-corrected chi connectivity index (χ3v) is 5.89. The van der Waals surface area contributed by atoms with Crippen molar-refractivity contribution in [2.24, 2.45) is 5.73 Å². The molecule has 18 heavy (non-hydrogen) atoms. The van der Waals surface area contributed by atoms with Crippen LogP contribution in [0.5, 0.6) is 0 Å². The molecule has 0 atom stereocenters. The smallest absolute Gasteiger partial charge is 0.242 e. The fourth-order valence-electron chi connectivity index (χ4n) is 1.31. The van der Waals surface area contributed by atoms with Gasteiger partial charge in [-0.2, -0.15) is 0 Å². The van der Waals surface area contributed by atoms with Crippen molar-refractivity contribution in [1.29, 1.82) is 0 Å². The van der Waals surface area contributed by atoms with E-state index in [1.165, 1.54) is 32.3 Å². The first-order valence-corrected chi connectivity index (χ1v) is 8.26. The second kappa shape index (κ2) is 5.35. The molecule has 1 rings (SSSR count). The Morgan fingerprint density at radius 1 is 1.11 bits per heavy atom. The predicted octanol–water partition coefficient (Wildman–Crippen LogP) is -0.331. The maximum absolute atomic E-state index is 11.9. The van der Waals surface area contributed by atoms with Crippen molar-refractivity contribution in [3.8, 4) is 0 Å². The van der Waals surface area contributed by atoms with E-state index in [2.05, 4.69) is 0 Å². The van der Waals surface area contributed by atoms with Crippen molar-refractivity contribution >= 4 is 19.9 Å². The Bertz CT molecular complexity index is 621. The average Bonchev–Trinajstić information content (AvgIpc) is 2.29. The summed E-state index contributed by atoms with van der Waals surface area (Å²) in [4.78, 5) is -0.0820. The first-order valence-electron chi connectivity index (χ1n) is 5.17. The number of sulfone groups is 1. The fraction of sp³-hybridized carbons (Fsp3) is 0.400. The van der Waals surface area contributed by atoms with Crippen LogP contribution in [0.4, 0.5) is 0 Å². The summed E-state index contributed by atoms with van der Waals surface area (Å²) in [5.74, 6) is -0.210. The minimum absolute atomic E-state index is 0.00695. The van der Waals surface area contributed by atoms with E-state index < -0.39 is 19.9 Å². The third kappa shape index (κ3) is 3.08. The van der Waals surface area contributed by atoms with E-state index in [0.29, 0.717) is 0 Å². The summed E-state index contributed by atoms with van der Waals surface area (Å²) in [5, 5.41) is 0. The molecule has 0 bridgehead atoms. The number of sulfonamides is 1. The second-order valence-electron chi connectivity index (χ2n) is 3.87. The fourth-order valence-corrected chi connectivity index (χ4v) is 3.47. The number of hydrogen-bond acceptors (Lipinski definition) is 5. The van der Waals surface area contributed by atoms with Gasteiger partial charge in [-0.1, -0.05) is 6.07 Å². The van der Waals surface area contributed by atoms with Gasteiger partial charge in [0.1, 0.15) is 0 Å². The summed E-state index contributed by atoms with van der Waals surface area (Å²) in [6, 6.07) is 5.27. The molecule has 1 aromatic carbocycles. The largest absolute Gasteiger partial charge is 0.329 e. The normalized spacial score (nSPS) is 12.9. The van der Waals surface area contributed by atoms with Crippen LogP contribution < -0.4 is 5.73 Å². The third-order valence-electron chi connectivity index (χ3n) is 2.33. The Balaban J connectivity index is 3.32. The van der Waals surface area contributed by atoms with Crippen LogP contribution in [0.25, 0.3) is 0 Å². The second-order valence-corrected chi connectivity index (χ2v) is 8.13. The molecule has 0 heterocycles.